The molecule has 0 spiro atoms. The van der Waals surface area contributed by atoms with Gasteiger partial charge in [-0.25, -0.2) is 0 Å². The van der Waals surface area contributed by atoms with Crippen LogP contribution < -0.4 is 5.32 Å². The first-order valence-corrected chi connectivity index (χ1v) is 7.84. The molecule has 0 amide bonds. The van der Waals surface area contributed by atoms with E-state index in [0.29, 0.717) is 0 Å². The number of rotatable bonds is 3. The van der Waals surface area contributed by atoms with Crippen LogP contribution in [0.25, 0.3) is 10.9 Å². The van der Waals surface area contributed by atoms with Gasteiger partial charge >= 0.3 is 0 Å². The average molecular weight is 362 g/mol. The highest BCUT2D eigenvalue weighted by atomic mass is 79.9. The summed E-state index contributed by atoms with van der Waals surface area (Å²) in [6, 6.07) is 14.2. The fourth-order valence-corrected chi connectivity index (χ4v) is 2.90. The first-order chi connectivity index (χ1) is 10.1. The van der Waals surface area contributed by atoms with Crippen molar-refractivity contribution in [1.29, 1.82) is 0 Å². The van der Waals surface area contributed by atoms with E-state index < -0.39 is 0 Å². The summed E-state index contributed by atoms with van der Waals surface area (Å²) in [6.07, 6.45) is 1.82. The number of aryl methyl sites for hydroxylation is 1. The molecule has 0 saturated heterocycles. The lowest BCUT2D eigenvalue weighted by molar-refractivity contribution is 1.12. The van der Waals surface area contributed by atoms with Crippen molar-refractivity contribution < 1.29 is 0 Å². The maximum atomic E-state index is 5.99. The second kappa shape index (κ2) is 6.04. The Morgan fingerprint density at radius 2 is 2.05 bits per heavy atom. The van der Waals surface area contributed by atoms with E-state index in [0.717, 1.165) is 32.6 Å². The number of nitrogens with zero attached hydrogens (tertiary/aromatic N) is 1. The topological polar surface area (TPSA) is 24.9 Å². The van der Waals surface area contributed by atoms with E-state index in [1.54, 1.807) is 0 Å². The van der Waals surface area contributed by atoms with Crippen molar-refractivity contribution in [1.82, 2.24) is 4.98 Å². The van der Waals surface area contributed by atoms with Gasteiger partial charge in [-0.15, -0.1) is 0 Å². The van der Waals surface area contributed by atoms with Gasteiger partial charge in [0, 0.05) is 27.6 Å². The van der Waals surface area contributed by atoms with Gasteiger partial charge < -0.3 is 5.32 Å². The number of nitrogens with one attached hydrogen (secondary N) is 1. The van der Waals surface area contributed by atoms with Crippen LogP contribution in [0, 0.1) is 6.92 Å². The minimum atomic E-state index is 0.750. The van der Waals surface area contributed by atoms with E-state index in [1.165, 1.54) is 11.1 Å². The second-order valence-electron chi connectivity index (χ2n) is 4.96. The summed E-state index contributed by atoms with van der Waals surface area (Å²) < 4.78 is 0.987. The summed E-state index contributed by atoms with van der Waals surface area (Å²) in [7, 11) is 0. The summed E-state index contributed by atoms with van der Waals surface area (Å²) in [5.41, 5.74) is 4.43. The molecule has 106 valence electrons. The van der Waals surface area contributed by atoms with Crippen LogP contribution in [0.15, 0.2) is 53.1 Å². The van der Waals surface area contributed by atoms with Crippen molar-refractivity contribution >= 4 is 44.1 Å². The molecule has 0 aliphatic heterocycles. The van der Waals surface area contributed by atoms with Crippen LogP contribution in [0.1, 0.15) is 11.1 Å². The van der Waals surface area contributed by atoms with Gasteiger partial charge in [0.25, 0.3) is 0 Å². The van der Waals surface area contributed by atoms with Crippen LogP contribution in [-0.2, 0) is 6.54 Å². The first kappa shape index (κ1) is 14.4. The Hall–Kier alpha value is -1.58. The van der Waals surface area contributed by atoms with Crippen molar-refractivity contribution in [2.45, 2.75) is 13.5 Å². The number of pyridine rings is 1. The van der Waals surface area contributed by atoms with Gasteiger partial charge in [0.1, 0.15) is 0 Å². The molecule has 3 rings (SSSR count). The van der Waals surface area contributed by atoms with Crippen LogP contribution in [0.3, 0.4) is 0 Å². The maximum absolute atomic E-state index is 5.99. The van der Waals surface area contributed by atoms with Crippen LogP contribution in [0.2, 0.25) is 5.02 Å². The molecule has 0 unspecified atom stereocenters. The SMILES string of the molecule is Cc1cc(Cl)ccc1CNc1cccc2cc(Br)cnc12. The minimum absolute atomic E-state index is 0.750. The highest BCUT2D eigenvalue weighted by Gasteiger charge is 2.04. The van der Waals surface area contributed by atoms with Gasteiger partial charge in [-0.3, -0.25) is 4.98 Å². The number of benzene rings is 2. The Bertz CT molecular complexity index is 802. The third kappa shape index (κ3) is 3.20. The molecule has 2 nitrogen and oxygen atoms in total. The van der Waals surface area contributed by atoms with E-state index in [-0.39, 0.29) is 0 Å². The van der Waals surface area contributed by atoms with E-state index in [9.17, 15) is 0 Å². The molecule has 0 saturated carbocycles. The second-order valence-corrected chi connectivity index (χ2v) is 6.31. The molecule has 1 heterocycles. The van der Waals surface area contributed by atoms with E-state index in [4.69, 9.17) is 11.6 Å². The summed E-state index contributed by atoms with van der Waals surface area (Å²) in [5.74, 6) is 0. The van der Waals surface area contributed by atoms with Gasteiger partial charge in [0.2, 0.25) is 0 Å². The molecule has 1 aromatic heterocycles. The van der Waals surface area contributed by atoms with Crippen molar-refractivity contribution in [3.05, 3.63) is 69.3 Å². The zero-order valence-corrected chi connectivity index (χ0v) is 13.9. The van der Waals surface area contributed by atoms with Crippen LogP contribution in [-0.4, -0.2) is 4.98 Å². The number of hydrogen-bond acceptors (Lipinski definition) is 2. The monoisotopic (exact) mass is 360 g/mol. The van der Waals surface area contributed by atoms with Gasteiger partial charge in [-0.1, -0.05) is 29.8 Å². The highest BCUT2D eigenvalue weighted by molar-refractivity contribution is 9.10. The van der Waals surface area contributed by atoms with Crippen LogP contribution in [0.4, 0.5) is 5.69 Å². The third-order valence-corrected chi connectivity index (χ3v) is 4.12. The Labute approximate surface area is 137 Å². The number of hydrogen-bond donors (Lipinski definition) is 1. The fourth-order valence-electron chi connectivity index (χ4n) is 2.32. The predicted octanol–water partition coefficient (Wildman–Crippen LogP) is 5.57. The average Bonchev–Trinajstić information content (AvgIpc) is 2.46. The normalized spacial score (nSPS) is 10.8. The highest BCUT2D eigenvalue weighted by Crippen LogP contribution is 2.25. The fraction of sp³-hybridized carbons (Fsp3) is 0.118. The van der Waals surface area contributed by atoms with Crippen molar-refractivity contribution in [3.63, 3.8) is 0 Å². The molecule has 0 aliphatic carbocycles. The molecular formula is C17H14BrClN2. The van der Waals surface area contributed by atoms with Crippen LogP contribution >= 0.6 is 27.5 Å². The number of anilines is 1. The summed E-state index contributed by atoms with van der Waals surface area (Å²) in [6.45, 7) is 2.82. The van der Waals surface area contributed by atoms with Gasteiger partial charge in [-0.05, 0) is 58.2 Å². The molecule has 3 aromatic rings. The lowest BCUT2D eigenvalue weighted by Gasteiger charge is -2.11. The van der Waals surface area contributed by atoms with Crippen LogP contribution in [0.5, 0.6) is 0 Å². The summed E-state index contributed by atoms with van der Waals surface area (Å²) >= 11 is 9.45. The van der Waals surface area contributed by atoms with E-state index in [1.807, 2.05) is 24.4 Å². The molecular weight excluding hydrogens is 348 g/mol. The Morgan fingerprint density at radius 1 is 1.19 bits per heavy atom. The van der Waals surface area contributed by atoms with E-state index in [2.05, 4.69) is 57.4 Å². The Kier molecular flexibility index (Phi) is 4.13. The molecule has 0 atom stereocenters. The number of halogens is 2. The smallest absolute Gasteiger partial charge is 0.0934 e. The standard InChI is InChI=1S/C17H14BrClN2/c1-11-7-15(19)6-5-13(11)9-20-16-4-2-3-12-8-14(18)10-21-17(12)16/h2-8,10,20H,9H2,1H3. The molecule has 2 aromatic carbocycles. The number of aromatic nitrogens is 1. The molecule has 0 bridgehead atoms. The lowest BCUT2D eigenvalue weighted by Crippen LogP contribution is -2.02. The maximum Gasteiger partial charge on any atom is 0.0934 e. The zero-order valence-electron chi connectivity index (χ0n) is 11.5. The lowest BCUT2D eigenvalue weighted by atomic mass is 10.1. The van der Waals surface area contributed by atoms with Crippen molar-refractivity contribution in [3.8, 4) is 0 Å². The third-order valence-electron chi connectivity index (χ3n) is 3.45. The largest absolute Gasteiger partial charge is 0.379 e. The number of fused-ring (bicyclic) bond motifs is 1. The summed E-state index contributed by atoms with van der Waals surface area (Å²) in [5, 5.41) is 5.35. The molecule has 4 heteroatoms. The van der Waals surface area contributed by atoms with Crippen molar-refractivity contribution in [2.24, 2.45) is 0 Å². The van der Waals surface area contributed by atoms with Gasteiger partial charge in [-0.2, -0.15) is 0 Å². The predicted molar refractivity (Wildman–Crippen MR) is 93.0 cm³/mol. The minimum Gasteiger partial charge on any atom is -0.379 e. The quantitative estimate of drug-likeness (QED) is 0.659. The zero-order chi connectivity index (χ0) is 14.8. The molecule has 0 aliphatic rings. The van der Waals surface area contributed by atoms with E-state index >= 15 is 0 Å². The molecule has 1 N–H and O–H groups in total. The molecule has 0 fully saturated rings. The Balaban J connectivity index is 1.88. The Morgan fingerprint density at radius 3 is 2.86 bits per heavy atom. The molecule has 0 radical (unpaired) electrons. The first-order valence-electron chi connectivity index (χ1n) is 6.66. The van der Waals surface area contributed by atoms with Gasteiger partial charge in [0.15, 0.2) is 0 Å². The number of para-hydroxylation sites is 1. The molecule has 21 heavy (non-hydrogen) atoms. The van der Waals surface area contributed by atoms with Gasteiger partial charge in [0.05, 0.1) is 11.2 Å². The van der Waals surface area contributed by atoms with Crippen molar-refractivity contribution in [2.75, 3.05) is 5.32 Å². The summed E-state index contributed by atoms with van der Waals surface area (Å²) in [4.78, 5) is 4.50.